The van der Waals surface area contributed by atoms with E-state index in [1.165, 1.54) is 29.4 Å². The number of nitrogens with two attached hydrogens (primary N) is 1. The van der Waals surface area contributed by atoms with E-state index in [0.717, 1.165) is 33.7 Å². The summed E-state index contributed by atoms with van der Waals surface area (Å²) in [7, 11) is 0. The van der Waals surface area contributed by atoms with Crippen LogP contribution in [0.25, 0.3) is 11.0 Å². The highest BCUT2D eigenvalue weighted by Gasteiger charge is 2.29. The zero-order valence-corrected chi connectivity index (χ0v) is 12.9. The summed E-state index contributed by atoms with van der Waals surface area (Å²) in [6, 6.07) is 3.80. The van der Waals surface area contributed by atoms with Crippen LogP contribution in [0.5, 0.6) is 0 Å². The van der Waals surface area contributed by atoms with Crippen molar-refractivity contribution in [2.75, 3.05) is 5.73 Å². The van der Waals surface area contributed by atoms with Crippen molar-refractivity contribution < 1.29 is 0 Å². The number of hydrogen-bond acceptors (Lipinski definition) is 6. The second kappa shape index (κ2) is 4.65. The van der Waals surface area contributed by atoms with Crippen molar-refractivity contribution in [2.45, 2.75) is 25.2 Å². The molecule has 1 saturated carbocycles. The molecule has 3 aromatic rings. The lowest BCUT2D eigenvalue weighted by molar-refractivity contribution is 1.01. The Morgan fingerprint density at radius 2 is 2.15 bits per heavy atom. The van der Waals surface area contributed by atoms with Gasteiger partial charge in [0.2, 0.25) is 0 Å². The van der Waals surface area contributed by atoms with Crippen LogP contribution >= 0.6 is 34.7 Å². The average Bonchev–Trinajstić information content (AvgIpc) is 3.04. The Morgan fingerprint density at radius 3 is 2.95 bits per heavy atom. The van der Waals surface area contributed by atoms with Gasteiger partial charge in [0.25, 0.3) is 0 Å². The van der Waals surface area contributed by atoms with Gasteiger partial charge in [0.05, 0.1) is 17.4 Å². The molecule has 4 rings (SSSR count). The lowest BCUT2D eigenvalue weighted by Gasteiger charge is -2.04. The number of hydrogen-bond donors (Lipinski definition) is 1. The summed E-state index contributed by atoms with van der Waals surface area (Å²) < 4.78 is 8.64. The second-order valence-corrected chi connectivity index (χ2v) is 7.02. The quantitative estimate of drug-likeness (QED) is 0.795. The maximum atomic E-state index is 6.35. The predicted octanol–water partition coefficient (Wildman–Crippen LogP) is 3.85. The molecule has 2 aromatic heterocycles. The molecule has 1 aromatic carbocycles. The van der Waals surface area contributed by atoms with Gasteiger partial charge in [-0.2, -0.15) is 8.75 Å². The average molecular weight is 323 g/mol. The molecule has 0 saturated heterocycles. The molecule has 0 radical (unpaired) electrons. The molecule has 0 amide bonds. The van der Waals surface area contributed by atoms with Crippen molar-refractivity contribution in [1.82, 2.24) is 13.7 Å². The molecule has 7 heteroatoms. The molecule has 0 atom stereocenters. The lowest BCUT2D eigenvalue weighted by atomic mass is 10.1. The molecule has 2 heterocycles. The van der Waals surface area contributed by atoms with Gasteiger partial charge in [-0.25, -0.2) is 4.98 Å². The monoisotopic (exact) mass is 322 g/mol. The minimum atomic E-state index is 0.588. The van der Waals surface area contributed by atoms with Gasteiger partial charge in [0, 0.05) is 27.8 Å². The number of benzene rings is 1. The molecule has 1 fully saturated rings. The van der Waals surface area contributed by atoms with Crippen LogP contribution in [0.4, 0.5) is 5.13 Å². The number of thiazole rings is 1. The number of nitrogens with zero attached hydrogens (tertiary/aromatic N) is 3. The third kappa shape index (κ3) is 2.08. The van der Waals surface area contributed by atoms with Gasteiger partial charge in [-0.1, -0.05) is 11.6 Å². The summed E-state index contributed by atoms with van der Waals surface area (Å²) in [5.41, 5.74) is 9.87. The number of aromatic nitrogens is 3. The van der Waals surface area contributed by atoms with E-state index in [4.69, 9.17) is 17.3 Å². The van der Waals surface area contributed by atoms with E-state index < -0.39 is 0 Å². The van der Waals surface area contributed by atoms with Gasteiger partial charge in [-0.05, 0) is 25.0 Å². The highest BCUT2D eigenvalue weighted by molar-refractivity contribution is 7.15. The largest absolute Gasteiger partial charge is 0.375 e. The third-order valence-corrected chi connectivity index (χ3v) is 5.32. The van der Waals surface area contributed by atoms with Crippen LogP contribution in [0.2, 0.25) is 5.02 Å². The molecular formula is C13H11ClN4S2. The molecule has 0 unspecified atom stereocenters. The highest BCUT2D eigenvalue weighted by Crippen LogP contribution is 2.44. The first kappa shape index (κ1) is 12.5. The van der Waals surface area contributed by atoms with Crippen molar-refractivity contribution in [1.29, 1.82) is 0 Å². The minimum absolute atomic E-state index is 0.588. The van der Waals surface area contributed by atoms with Gasteiger partial charge in [-0.15, -0.1) is 11.3 Å². The number of anilines is 1. The van der Waals surface area contributed by atoms with Gasteiger partial charge in [0.1, 0.15) is 11.0 Å². The number of halogens is 1. The van der Waals surface area contributed by atoms with Crippen molar-refractivity contribution in [2.24, 2.45) is 0 Å². The molecule has 2 N–H and O–H groups in total. The maximum Gasteiger partial charge on any atom is 0.180 e. The molecule has 102 valence electrons. The van der Waals surface area contributed by atoms with Gasteiger partial charge < -0.3 is 5.73 Å². The fourth-order valence-corrected chi connectivity index (χ4v) is 4.10. The summed E-state index contributed by atoms with van der Waals surface area (Å²) in [4.78, 5) is 5.70. The number of fused-ring (bicyclic) bond motifs is 1. The predicted molar refractivity (Wildman–Crippen MR) is 83.7 cm³/mol. The standard InChI is InChI=1S/C13H11ClN4S2/c14-8-3-4-9-12(18-20-17-9)7(8)5-10-11(6-1-2-6)16-13(15)19-10/h3-4,6H,1-2,5H2,(H2,15,16). The second-order valence-electron chi connectivity index (χ2n) is 4.97. The summed E-state index contributed by atoms with van der Waals surface area (Å²) in [5.74, 6) is 0.588. The van der Waals surface area contributed by atoms with Crippen molar-refractivity contribution in [3.05, 3.63) is 33.3 Å². The van der Waals surface area contributed by atoms with Gasteiger partial charge in [0.15, 0.2) is 5.13 Å². The molecule has 0 spiro atoms. The maximum absolute atomic E-state index is 6.35. The fourth-order valence-electron chi connectivity index (χ4n) is 2.39. The Kier molecular flexibility index (Phi) is 2.90. The Bertz CT molecular complexity index is 791. The third-order valence-electron chi connectivity index (χ3n) is 3.52. The molecule has 4 nitrogen and oxygen atoms in total. The van der Waals surface area contributed by atoms with E-state index in [0.29, 0.717) is 11.0 Å². The highest BCUT2D eigenvalue weighted by atomic mass is 35.5. The van der Waals surface area contributed by atoms with Crippen molar-refractivity contribution in [3.63, 3.8) is 0 Å². The van der Waals surface area contributed by atoms with Gasteiger partial charge in [-0.3, -0.25) is 0 Å². The van der Waals surface area contributed by atoms with E-state index in [1.54, 1.807) is 11.3 Å². The van der Waals surface area contributed by atoms with Crippen LogP contribution in [0.1, 0.15) is 34.9 Å². The first-order valence-electron chi connectivity index (χ1n) is 6.37. The van der Waals surface area contributed by atoms with Crippen LogP contribution in [0.3, 0.4) is 0 Å². The molecule has 0 aliphatic heterocycles. The Morgan fingerprint density at radius 1 is 1.30 bits per heavy atom. The van der Waals surface area contributed by atoms with E-state index in [-0.39, 0.29) is 0 Å². The van der Waals surface area contributed by atoms with Crippen LogP contribution < -0.4 is 5.73 Å². The number of nitrogen functional groups attached to an aromatic ring is 1. The van der Waals surface area contributed by atoms with Gasteiger partial charge >= 0.3 is 0 Å². The first-order chi connectivity index (χ1) is 9.72. The number of rotatable bonds is 3. The van der Waals surface area contributed by atoms with Crippen molar-refractivity contribution >= 4 is 50.8 Å². The Labute approximate surface area is 128 Å². The van der Waals surface area contributed by atoms with E-state index in [2.05, 4.69) is 13.7 Å². The van der Waals surface area contributed by atoms with Crippen LogP contribution in [0, 0.1) is 0 Å². The summed E-state index contributed by atoms with van der Waals surface area (Å²) in [5, 5.41) is 1.38. The van der Waals surface area contributed by atoms with Crippen molar-refractivity contribution in [3.8, 4) is 0 Å². The molecular weight excluding hydrogens is 312 g/mol. The molecule has 1 aliphatic rings. The summed E-state index contributed by atoms with van der Waals surface area (Å²) in [6.07, 6.45) is 3.17. The SMILES string of the molecule is Nc1nc(C2CC2)c(Cc2c(Cl)ccc3nsnc23)s1. The zero-order valence-electron chi connectivity index (χ0n) is 10.5. The summed E-state index contributed by atoms with van der Waals surface area (Å²) >= 11 is 9.13. The van der Waals surface area contributed by atoms with Crippen LogP contribution in [-0.4, -0.2) is 13.7 Å². The fraction of sp³-hybridized carbons (Fsp3) is 0.308. The molecule has 1 aliphatic carbocycles. The molecule has 20 heavy (non-hydrogen) atoms. The molecule has 0 bridgehead atoms. The minimum Gasteiger partial charge on any atom is -0.375 e. The lowest BCUT2D eigenvalue weighted by Crippen LogP contribution is -1.93. The van der Waals surface area contributed by atoms with Crippen LogP contribution in [-0.2, 0) is 6.42 Å². The smallest absolute Gasteiger partial charge is 0.180 e. The van der Waals surface area contributed by atoms with E-state index >= 15 is 0 Å². The zero-order chi connectivity index (χ0) is 13.7. The first-order valence-corrected chi connectivity index (χ1v) is 8.29. The topological polar surface area (TPSA) is 64.7 Å². The van der Waals surface area contributed by atoms with E-state index in [1.807, 2.05) is 12.1 Å². The van der Waals surface area contributed by atoms with E-state index in [9.17, 15) is 0 Å². The summed E-state index contributed by atoms with van der Waals surface area (Å²) in [6.45, 7) is 0. The Hall–Kier alpha value is -1.24. The Balaban J connectivity index is 1.81. The normalized spacial score (nSPS) is 15.1. The van der Waals surface area contributed by atoms with Crippen LogP contribution in [0.15, 0.2) is 12.1 Å².